The molecule has 0 saturated carbocycles. The lowest BCUT2D eigenvalue weighted by Crippen LogP contribution is -2.09. The van der Waals surface area contributed by atoms with E-state index in [1.54, 1.807) is 22.1 Å². The number of aryl methyl sites for hydroxylation is 1. The number of halogens is 3. The number of hydrogen-bond acceptors (Lipinski definition) is 3. The molecule has 3 heterocycles. The predicted molar refractivity (Wildman–Crippen MR) is 98.0 cm³/mol. The van der Waals surface area contributed by atoms with Crippen LogP contribution >= 0.6 is 11.3 Å². The average molecular weight is 377 g/mol. The maximum atomic E-state index is 13.1. The molecule has 0 bridgehead atoms. The van der Waals surface area contributed by atoms with Crippen LogP contribution in [0.25, 0.3) is 16.3 Å². The molecule has 0 unspecified atom stereocenters. The lowest BCUT2D eigenvalue weighted by molar-refractivity contribution is -0.137. The van der Waals surface area contributed by atoms with Gasteiger partial charge in [-0.15, -0.1) is 11.3 Å². The highest BCUT2D eigenvalue weighted by atomic mass is 32.1. The highest BCUT2D eigenvalue weighted by Gasteiger charge is 2.31. The van der Waals surface area contributed by atoms with Crippen LogP contribution < -0.4 is 5.32 Å². The molecule has 1 aromatic carbocycles. The van der Waals surface area contributed by atoms with Crippen molar-refractivity contribution >= 4 is 17.2 Å². The lowest BCUT2D eigenvalue weighted by atomic mass is 10.1. The van der Waals surface area contributed by atoms with Gasteiger partial charge in [-0.25, -0.2) is 4.68 Å². The largest absolute Gasteiger partial charge is 0.416 e. The number of hydrogen-bond donors (Lipinski definition) is 1. The zero-order valence-corrected chi connectivity index (χ0v) is 15.0. The number of benzene rings is 1. The molecule has 0 spiro atoms. The summed E-state index contributed by atoms with van der Waals surface area (Å²) in [6.07, 6.45) is -1.44. The van der Waals surface area contributed by atoms with Gasteiger partial charge in [0.25, 0.3) is 0 Å². The van der Waals surface area contributed by atoms with Crippen LogP contribution in [0.4, 0.5) is 19.0 Å². The molecule has 3 aromatic rings. The summed E-state index contributed by atoms with van der Waals surface area (Å²) in [4.78, 5) is 2.23. The SMILES string of the molecule is Cc1ccc(-c2nn(-c3cccc(C(F)(F)F)c3)c3c2CCCCN3)s1. The lowest BCUT2D eigenvalue weighted by Gasteiger charge is -2.12. The first-order valence-electron chi connectivity index (χ1n) is 8.54. The molecule has 0 atom stereocenters. The van der Waals surface area contributed by atoms with Crippen molar-refractivity contribution in [1.29, 1.82) is 0 Å². The van der Waals surface area contributed by atoms with E-state index < -0.39 is 11.7 Å². The number of fused-ring (bicyclic) bond motifs is 1. The number of nitrogens with one attached hydrogen (secondary N) is 1. The van der Waals surface area contributed by atoms with Gasteiger partial charge in [0.05, 0.1) is 16.1 Å². The third-order valence-electron chi connectivity index (χ3n) is 4.52. The Hall–Kier alpha value is -2.28. The molecule has 2 aromatic heterocycles. The summed E-state index contributed by atoms with van der Waals surface area (Å²) in [5.41, 5.74) is 1.71. The van der Waals surface area contributed by atoms with Gasteiger partial charge >= 0.3 is 6.18 Å². The Morgan fingerprint density at radius 2 is 2.00 bits per heavy atom. The fourth-order valence-corrected chi connectivity index (χ4v) is 4.14. The Morgan fingerprint density at radius 1 is 1.15 bits per heavy atom. The van der Waals surface area contributed by atoms with Crippen LogP contribution in [0.5, 0.6) is 0 Å². The molecule has 1 aliphatic heterocycles. The molecule has 0 aliphatic carbocycles. The molecule has 26 heavy (non-hydrogen) atoms. The standard InChI is InChI=1S/C19H18F3N3S/c1-12-8-9-16(26-12)17-15-7-2-3-10-23-18(15)25(24-17)14-6-4-5-13(11-14)19(20,21)22/h4-6,8-9,11,23H,2-3,7,10H2,1H3. The van der Waals surface area contributed by atoms with Crippen LogP contribution in [0, 0.1) is 6.92 Å². The quantitative estimate of drug-likeness (QED) is 0.623. The minimum atomic E-state index is -4.37. The number of nitrogens with zero attached hydrogens (tertiary/aromatic N) is 2. The summed E-state index contributed by atoms with van der Waals surface area (Å²) in [5.74, 6) is 0.808. The highest BCUT2D eigenvalue weighted by Crippen LogP contribution is 2.38. The maximum absolute atomic E-state index is 13.1. The minimum absolute atomic E-state index is 0.421. The van der Waals surface area contributed by atoms with Crippen molar-refractivity contribution in [3.63, 3.8) is 0 Å². The topological polar surface area (TPSA) is 29.9 Å². The number of anilines is 1. The van der Waals surface area contributed by atoms with E-state index in [0.29, 0.717) is 5.69 Å². The van der Waals surface area contributed by atoms with Crippen LogP contribution in [0.15, 0.2) is 36.4 Å². The summed E-state index contributed by atoms with van der Waals surface area (Å²) < 4.78 is 41.0. The normalized spacial score (nSPS) is 14.6. The van der Waals surface area contributed by atoms with Crippen LogP contribution in [0.1, 0.15) is 28.8 Å². The zero-order valence-electron chi connectivity index (χ0n) is 14.2. The van der Waals surface area contributed by atoms with Crippen molar-refractivity contribution in [1.82, 2.24) is 9.78 Å². The zero-order chi connectivity index (χ0) is 18.3. The van der Waals surface area contributed by atoms with Crippen LogP contribution in [-0.4, -0.2) is 16.3 Å². The number of alkyl halides is 3. The van der Waals surface area contributed by atoms with Gasteiger partial charge in [0.2, 0.25) is 0 Å². The monoisotopic (exact) mass is 377 g/mol. The summed E-state index contributed by atoms with van der Waals surface area (Å²) in [6.45, 7) is 2.83. The molecule has 4 rings (SSSR count). The molecule has 136 valence electrons. The molecule has 0 amide bonds. The fraction of sp³-hybridized carbons (Fsp3) is 0.316. The van der Waals surface area contributed by atoms with E-state index in [1.165, 1.54) is 10.9 Å². The Kier molecular flexibility index (Phi) is 4.26. The van der Waals surface area contributed by atoms with Crippen LogP contribution in [0.3, 0.4) is 0 Å². The van der Waals surface area contributed by atoms with E-state index in [2.05, 4.69) is 5.32 Å². The first-order chi connectivity index (χ1) is 12.4. The second kappa shape index (κ2) is 6.46. The van der Waals surface area contributed by atoms with Gasteiger partial charge in [0.15, 0.2) is 0 Å². The Bertz CT molecular complexity index is 940. The average Bonchev–Trinajstić information content (AvgIpc) is 3.10. The Labute approximate surface area is 153 Å². The molecule has 0 saturated heterocycles. The number of thiophene rings is 1. The third kappa shape index (κ3) is 3.11. The van der Waals surface area contributed by atoms with E-state index in [4.69, 9.17) is 5.10 Å². The van der Waals surface area contributed by atoms with Crippen molar-refractivity contribution in [2.75, 3.05) is 11.9 Å². The molecule has 0 fully saturated rings. The Balaban J connectivity index is 1.88. The number of rotatable bonds is 2. The van der Waals surface area contributed by atoms with Crippen molar-refractivity contribution in [3.8, 4) is 16.3 Å². The second-order valence-electron chi connectivity index (χ2n) is 6.43. The maximum Gasteiger partial charge on any atom is 0.416 e. The van der Waals surface area contributed by atoms with Gasteiger partial charge in [-0.3, -0.25) is 0 Å². The van der Waals surface area contributed by atoms with Gasteiger partial charge in [-0.05, 0) is 56.5 Å². The van der Waals surface area contributed by atoms with Crippen LogP contribution in [-0.2, 0) is 12.6 Å². The summed E-state index contributed by atoms with van der Waals surface area (Å²) >= 11 is 1.65. The molecular formula is C19H18F3N3S. The molecular weight excluding hydrogens is 359 g/mol. The van der Waals surface area contributed by atoms with E-state index in [0.717, 1.165) is 59.9 Å². The van der Waals surface area contributed by atoms with Gasteiger partial charge in [0.1, 0.15) is 11.5 Å². The third-order valence-corrected chi connectivity index (χ3v) is 5.53. The Morgan fingerprint density at radius 3 is 2.73 bits per heavy atom. The van der Waals surface area contributed by atoms with Gasteiger partial charge in [-0.1, -0.05) is 6.07 Å². The van der Waals surface area contributed by atoms with Gasteiger partial charge < -0.3 is 5.32 Å². The molecule has 1 aliphatic rings. The summed E-state index contributed by atoms with van der Waals surface area (Å²) in [5, 5.41) is 8.08. The van der Waals surface area contributed by atoms with Crippen molar-refractivity contribution < 1.29 is 13.2 Å². The van der Waals surface area contributed by atoms with Crippen molar-refractivity contribution in [2.45, 2.75) is 32.4 Å². The minimum Gasteiger partial charge on any atom is -0.370 e. The van der Waals surface area contributed by atoms with E-state index in [1.807, 2.05) is 19.1 Å². The first-order valence-corrected chi connectivity index (χ1v) is 9.35. The molecule has 7 heteroatoms. The molecule has 1 N–H and O–H groups in total. The summed E-state index contributed by atoms with van der Waals surface area (Å²) in [6, 6.07) is 9.41. The summed E-state index contributed by atoms with van der Waals surface area (Å²) in [7, 11) is 0. The smallest absolute Gasteiger partial charge is 0.370 e. The van der Waals surface area contributed by atoms with E-state index in [-0.39, 0.29) is 0 Å². The van der Waals surface area contributed by atoms with E-state index in [9.17, 15) is 13.2 Å². The first kappa shape index (κ1) is 17.1. The number of aromatic nitrogens is 2. The van der Waals surface area contributed by atoms with Crippen molar-refractivity contribution in [2.24, 2.45) is 0 Å². The predicted octanol–water partition coefficient (Wildman–Crippen LogP) is 5.68. The van der Waals surface area contributed by atoms with Gasteiger partial charge in [0, 0.05) is 17.0 Å². The van der Waals surface area contributed by atoms with Crippen LogP contribution in [0.2, 0.25) is 0 Å². The highest BCUT2D eigenvalue weighted by molar-refractivity contribution is 7.15. The fourth-order valence-electron chi connectivity index (χ4n) is 3.26. The van der Waals surface area contributed by atoms with Gasteiger partial charge in [-0.2, -0.15) is 18.3 Å². The molecule has 3 nitrogen and oxygen atoms in total. The molecule has 0 radical (unpaired) electrons. The van der Waals surface area contributed by atoms with E-state index >= 15 is 0 Å². The second-order valence-corrected chi connectivity index (χ2v) is 7.72. The van der Waals surface area contributed by atoms with Crippen molar-refractivity contribution in [3.05, 3.63) is 52.4 Å².